The number of rotatable bonds is 6. The molecule has 2 aromatic rings. The van der Waals surface area contributed by atoms with Crippen molar-refractivity contribution in [2.45, 2.75) is 19.8 Å². The highest BCUT2D eigenvalue weighted by atomic mass is 35.5. The second kappa shape index (κ2) is 7.70. The number of ether oxygens (including phenoxy) is 1. The summed E-state index contributed by atoms with van der Waals surface area (Å²) in [5.41, 5.74) is 7.66. The Bertz CT molecular complexity index is 591. The van der Waals surface area contributed by atoms with Crippen LogP contribution in [0.15, 0.2) is 53.5 Å². The monoisotopic (exact) mass is 302 g/mol. The molecule has 2 N–H and O–H groups in total. The molecule has 0 aliphatic carbocycles. The van der Waals surface area contributed by atoms with E-state index in [9.17, 15) is 0 Å². The average Bonchev–Trinajstić information content (AvgIpc) is 2.50. The Balaban J connectivity index is 2.05. The van der Waals surface area contributed by atoms with Crippen LogP contribution < -0.4 is 10.5 Å². The molecule has 0 atom stereocenters. The first kappa shape index (κ1) is 15.4. The van der Waals surface area contributed by atoms with Crippen molar-refractivity contribution >= 4 is 23.1 Å². The second-order valence-corrected chi connectivity index (χ2v) is 5.14. The number of aliphatic imine (C=N–C) groups is 1. The van der Waals surface area contributed by atoms with Gasteiger partial charge < -0.3 is 10.5 Å². The zero-order chi connectivity index (χ0) is 15.1. The summed E-state index contributed by atoms with van der Waals surface area (Å²) in [5, 5.41) is 0.682. The number of benzene rings is 2. The van der Waals surface area contributed by atoms with E-state index < -0.39 is 0 Å². The highest BCUT2D eigenvalue weighted by Crippen LogP contribution is 2.18. The molecule has 2 aromatic carbocycles. The predicted molar refractivity (Wildman–Crippen MR) is 88.7 cm³/mol. The highest BCUT2D eigenvalue weighted by molar-refractivity contribution is 6.30. The number of amidine groups is 1. The SMILES string of the molecule is CCCCOc1ccc(C(N)=Nc2ccc(Cl)cc2)cc1. The molecule has 0 amide bonds. The normalized spacial score (nSPS) is 11.4. The first-order chi connectivity index (χ1) is 10.2. The summed E-state index contributed by atoms with van der Waals surface area (Å²) in [4.78, 5) is 4.37. The molecular formula is C17H19ClN2O. The fourth-order valence-electron chi connectivity index (χ4n) is 1.78. The molecule has 0 aliphatic heterocycles. The Kier molecular flexibility index (Phi) is 5.64. The minimum absolute atomic E-state index is 0.470. The zero-order valence-electron chi connectivity index (χ0n) is 12.1. The van der Waals surface area contributed by atoms with E-state index >= 15 is 0 Å². The molecule has 0 spiro atoms. The van der Waals surface area contributed by atoms with E-state index in [1.54, 1.807) is 12.1 Å². The summed E-state index contributed by atoms with van der Waals surface area (Å²) in [6.45, 7) is 2.88. The van der Waals surface area contributed by atoms with E-state index in [2.05, 4.69) is 11.9 Å². The van der Waals surface area contributed by atoms with Crippen molar-refractivity contribution < 1.29 is 4.74 Å². The molecule has 0 saturated heterocycles. The molecule has 4 heteroatoms. The van der Waals surface area contributed by atoms with Crippen LogP contribution >= 0.6 is 11.6 Å². The molecule has 0 heterocycles. The minimum Gasteiger partial charge on any atom is -0.494 e. The molecule has 110 valence electrons. The lowest BCUT2D eigenvalue weighted by atomic mass is 10.2. The van der Waals surface area contributed by atoms with Crippen molar-refractivity contribution in [1.82, 2.24) is 0 Å². The van der Waals surface area contributed by atoms with Gasteiger partial charge in [-0.1, -0.05) is 24.9 Å². The predicted octanol–water partition coefficient (Wildman–Crippen LogP) is 4.56. The Morgan fingerprint density at radius 1 is 1.10 bits per heavy atom. The number of nitrogens with zero attached hydrogens (tertiary/aromatic N) is 1. The van der Waals surface area contributed by atoms with Gasteiger partial charge in [0.25, 0.3) is 0 Å². The molecule has 3 nitrogen and oxygen atoms in total. The zero-order valence-corrected chi connectivity index (χ0v) is 12.8. The van der Waals surface area contributed by atoms with E-state index in [0.29, 0.717) is 10.9 Å². The van der Waals surface area contributed by atoms with Crippen molar-refractivity contribution in [1.29, 1.82) is 0 Å². The van der Waals surface area contributed by atoms with Gasteiger partial charge in [-0.15, -0.1) is 0 Å². The molecule has 0 radical (unpaired) electrons. The number of halogens is 1. The number of nitrogens with two attached hydrogens (primary N) is 1. The van der Waals surface area contributed by atoms with Crippen LogP contribution in [0.1, 0.15) is 25.3 Å². The Hall–Kier alpha value is -2.00. The standard InChI is InChI=1S/C17H19ClN2O/c1-2-3-12-21-16-10-4-13(5-11-16)17(19)20-15-8-6-14(18)7-9-15/h4-11H,2-3,12H2,1H3,(H2,19,20). The van der Waals surface area contributed by atoms with Gasteiger partial charge in [-0.25, -0.2) is 4.99 Å². The van der Waals surface area contributed by atoms with Gasteiger partial charge in [-0.2, -0.15) is 0 Å². The van der Waals surface area contributed by atoms with Crippen LogP contribution in [-0.4, -0.2) is 12.4 Å². The van der Waals surface area contributed by atoms with Crippen molar-refractivity contribution in [3.05, 3.63) is 59.1 Å². The lowest BCUT2D eigenvalue weighted by Gasteiger charge is -2.06. The van der Waals surface area contributed by atoms with Gasteiger partial charge in [0.2, 0.25) is 0 Å². The Morgan fingerprint density at radius 2 is 1.76 bits per heavy atom. The summed E-state index contributed by atoms with van der Waals surface area (Å²) < 4.78 is 5.62. The van der Waals surface area contributed by atoms with Gasteiger partial charge >= 0.3 is 0 Å². The second-order valence-electron chi connectivity index (χ2n) is 4.70. The molecule has 0 saturated carbocycles. The largest absolute Gasteiger partial charge is 0.494 e. The fraction of sp³-hybridized carbons (Fsp3) is 0.235. The third-order valence-electron chi connectivity index (χ3n) is 2.99. The van der Waals surface area contributed by atoms with Crippen LogP contribution in [0.4, 0.5) is 5.69 Å². The molecule has 2 rings (SSSR count). The average molecular weight is 303 g/mol. The maximum atomic E-state index is 6.01. The van der Waals surface area contributed by atoms with Crippen LogP contribution in [0.5, 0.6) is 5.75 Å². The Labute approximate surface area is 130 Å². The van der Waals surface area contributed by atoms with Crippen LogP contribution in [0.3, 0.4) is 0 Å². The van der Waals surface area contributed by atoms with Gasteiger partial charge in [-0.3, -0.25) is 0 Å². The lowest BCUT2D eigenvalue weighted by molar-refractivity contribution is 0.309. The topological polar surface area (TPSA) is 47.6 Å². The van der Waals surface area contributed by atoms with Crippen LogP contribution in [0.25, 0.3) is 0 Å². The molecule has 21 heavy (non-hydrogen) atoms. The number of hydrogen-bond acceptors (Lipinski definition) is 2. The smallest absolute Gasteiger partial charge is 0.131 e. The molecule has 0 aliphatic rings. The first-order valence-corrected chi connectivity index (χ1v) is 7.40. The molecule has 0 unspecified atom stereocenters. The molecule has 0 aromatic heterocycles. The van der Waals surface area contributed by atoms with E-state index in [0.717, 1.165) is 36.4 Å². The van der Waals surface area contributed by atoms with E-state index in [4.69, 9.17) is 22.1 Å². The van der Waals surface area contributed by atoms with Crippen LogP contribution in [0.2, 0.25) is 5.02 Å². The number of unbranched alkanes of at least 4 members (excludes halogenated alkanes) is 1. The van der Waals surface area contributed by atoms with E-state index in [-0.39, 0.29) is 0 Å². The van der Waals surface area contributed by atoms with E-state index in [1.165, 1.54) is 0 Å². The van der Waals surface area contributed by atoms with Crippen molar-refractivity contribution in [2.75, 3.05) is 6.61 Å². The molecule has 0 fully saturated rings. The van der Waals surface area contributed by atoms with Crippen molar-refractivity contribution in [2.24, 2.45) is 10.7 Å². The quantitative estimate of drug-likeness (QED) is 0.483. The van der Waals surface area contributed by atoms with Gasteiger partial charge in [0, 0.05) is 10.6 Å². The summed E-state index contributed by atoms with van der Waals surface area (Å²) >= 11 is 5.84. The first-order valence-electron chi connectivity index (χ1n) is 7.02. The summed E-state index contributed by atoms with van der Waals surface area (Å²) in [7, 11) is 0. The molecule has 0 bridgehead atoms. The third-order valence-corrected chi connectivity index (χ3v) is 3.24. The van der Waals surface area contributed by atoms with E-state index in [1.807, 2.05) is 36.4 Å². The van der Waals surface area contributed by atoms with Crippen molar-refractivity contribution in [3.63, 3.8) is 0 Å². The summed E-state index contributed by atoms with van der Waals surface area (Å²) in [6, 6.07) is 14.9. The lowest BCUT2D eigenvalue weighted by Crippen LogP contribution is -2.12. The Morgan fingerprint density at radius 3 is 2.38 bits per heavy atom. The fourth-order valence-corrected chi connectivity index (χ4v) is 1.90. The maximum Gasteiger partial charge on any atom is 0.131 e. The van der Waals surface area contributed by atoms with Crippen LogP contribution in [-0.2, 0) is 0 Å². The minimum atomic E-state index is 0.470. The summed E-state index contributed by atoms with van der Waals surface area (Å²) in [5.74, 6) is 1.32. The number of hydrogen-bond donors (Lipinski definition) is 1. The van der Waals surface area contributed by atoms with Gasteiger partial charge in [0.1, 0.15) is 11.6 Å². The van der Waals surface area contributed by atoms with Gasteiger partial charge in [0.15, 0.2) is 0 Å². The van der Waals surface area contributed by atoms with Crippen molar-refractivity contribution in [3.8, 4) is 5.75 Å². The van der Waals surface area contributed by atoms with Crippen LogP contribution in [0, 0.1) is 0 Å². The summed E-state index contributed by atoms with van der Waals surface area (Å²) in [6.07, 6.45) is 2.18. The molecular weight excluding hydrogens is 284 g/mol. The maximum absolute atomic E-state index is 6.01. The van der Waals surface area contributed by atoms with Gasteiger partial charge in [0.05, 0.1) is 12.3 Å². The third kappa shape index (κ3) is 4.80. The highest BCUT2D eigenvalue weighted by Gasteiger charge is 2.00. The van der Waals surface area contributed by atoms with Gasteiger partial charge in [-0.05, 0) is 55.0 Å².